The molecule has 1 heterocycles. The first-order valence-electron chi connectivity index (χ1n) is 8.14. The summed E-state index contributed by atoms with van der Waals surface area (Å²) in [7, 11) is -1.10. The topological polar surface area (TPSA) is 73.6 Å². The third kappa shape index (κ3) is 3.91. The van der Waals surface area contributed by atoms with Gasteiger partial charge in [0.05, 0.1) is 5.56 Å². The van der Waals surface area contributed by atoms with E-state index in [-0.39, 0.29) is 6.61 Å². The number of rotatable bonds is 5. The van der Waals surface area contributed by atoms with Gasteiger partial charge in [0.15, 0.2) is 0 Å². The van der Waals surface area contributed by atoms with E-state index in [1.807, 2.05) is 25.1 Å². The molecule has 0 spiro atoms. The lowest BCUT2D eigenvalue weighted by Crippen LogP contribution is -2.08. The van der Waals surface area contributed by atoms with E-state index in [0.29, 0.717) is 21.6 Å². The lowest BCUT2D eigenvalue weighted by Gasteiger charge is -2.08. The summed E-state index contributed by atoms with van der Waals surface area (Å²) in [5, 5.41) is 0.742. The van der Waals surface area contributed by atoms with Crippen molar-refractivity contribution in [1.82, 2.24) is 0 Å². The first-order chi connectivity index (χ1) is 12.5. The molecule has 26 heavy (non-hydrogen) atoms. The maximum absolute atomic E-state index is 12.2. The lowest BCUT2D eigenvalue weighted by molar-refractivity contribution is 0.0473. The minimum atomic E-state index is -1.10. The van der Waals surface area contributed by atoms with Crippen LogP contribution in [0.4, 0.5) is 0 Å². The Balaban J connectivity index is 1.81. The second-order valence-electron chi connectivity index (χ2n) is 5.83. The SMILES string of the molecule is CCc1ccc2c(COC(=O)c3ccc(S(C)=O)cc3)cc(=O)oc2c1. The van der Waals surface area contributed by atoms with Gasteiger partial charge in [-0.25, -0.2) is 9.59 Å². The van der Waals surface area contributed by atoms with Crippen molar-refractivity contribution < 1.29 is 18.2 Å². The molecule has 2 aromatic carbocycles. The molecule has 134 valence electrons. The molecule has 3 aromatic rings. The Labute approximate surface area is 153 Å². The fraction of sp³-hybridized carbons (Fsp3) is 0.200. The van der Waals surface area contributed by atoms with Gasteiger partial charge in [0.2, 0.25) is 0 Å². The van der Waals surface area contributed by atoms with Crippen molar-refractivity contribution in [2.24, 2.45) is 0 Å². The Hall–Kier alpha value is -2.73. The van der Waals surface area contributed by atoms with E-state index in [1.165, 1.54) is 6.07 Å². The molecule has 1 atom stereocenters. The molecule has 0 aliphatic rings. The van der Waals surface area contributed by atoms with E-state index in [0.717, 1.165) is 17.4 Å². The molecule has 0 aliphatic carbocycles. The normalized spacial score (nSPS) is 12.1. The number of hydrogen-bond acceptors (Lipinski definition) is 5. The molecule has 0 aliphatic heterocycles. The monoisotopic (exact) mass is 370 g/mol. The highest BCUT2D eigenvalue weighted by Crippen LogP contribution is 2.20. The molecule has 0 bridgehead atoms. The van der Waals surface area contributed by atoms with Gasteiger partial charge < -0.3 is 9.15 Å². The fourth-order valence-electron chi connectivity index (χ4n) is 2.62. The summed E-state index contributed by atoms with van der Waals surface area (Å²) in [4.78, 5) is 24.6. The largest absolute Gasteiger partial charge is 0.457 e. The molecule has 0 N–H and O–H groups in total. The fourth-order valence-corrected chi connectivity index (χ4v) is 3.14. The van der Waals surface area contributed by atoms with Gasteiger partial charge in [-0.15, -0.1) is 0 Å². The smallest absolute Gasteiger partial charge is 0.338 e. The Bertz CT molecular complexity index is 1030. The summed E-state index contributed by atoms with van der Waals surface area (Å²) in [6.45, 7) is 1.98. The molecular formula is C20H18O5S. The van der Waals surface area contributed by atoms with Crippen molar-refractivity contribution in [3.63, 3.8) is 0 Å². The van der Waals surface area contributed by atoms with Gasteiger partial charge in [-0.2, -0.15) is 0 Å². The van der Waals surface area contributed by atoms with Crippen LogP contribution >= 0.6 is 0 Å². The molecule has 6 heteroatoms. The summed E-state index contributed by atoms with van der Waals surface area (Å²) >= 11 is 0. The van der Waals surface area contributed by atoms with Gasteiger partial charge in [0.25, 0.3) is 0 Å². The summed E-state index contributed by atoms with van der Waals surface area (Å²) in [5.74, 6) is -0.509. The maximum Gasteiger partial charge on any atom is 0.338 e. The molecule has 5 nitrogen and oxygen atoms in total. The molecule has 0 saturated carbocycles. The molecule has 0 radical (unpaired) electrons. The average molecular weight is 370 g/mol. The molecular weight excluding hydrogens is 352 g/mol. The van der Waals surface area contributed by atoms with E-state index in [9.17, 15) is 13.8 Å². The van der Waals surface area contributed by atoms with Crippen LogP contribution in [0.5, 0.6) is 0 Å². The van der Waals surface area contributed by atoms with Crippen molar-refractivity contribution in [3.8, 4) is 0 Å². The van der Waals surface area contributed by atoms with Gasteiger partial charge in [-0.05, 0) is 42.3 Å². The lowest BCUT2D eigenvalue weighted by atomic mass is 10.1. The number of benzene rings is 2. The van der Waals surface area contributed by atoms with Crippen LogP contribution < -0.4 is 5.63 Å². The molecule has 0 saturated heterocycles. The van der Waals surface area contributed by atoms with E-state index >= 15 is 0 Å². The first kappa shape index (κ1) is 18.1. The number of aryl methyl sites for hydroxylation is 1. The average Bonchev–Trinajstić information content (AvgIpc) is 2.65. The van der Waals surface area contributed by atoms with Gasteiger partial charge >= 0.3 is 11.6 Å². The van der Waals surface area contributed by atoms with Crippen LogP contribution in [-0.2, 0) is 28.6 Å². The second-order valence-corrected chi connectivity index (χ2v) is 7.21. The van der Waals surface area contributed by atoms with Crippen LogP contribution in [0.15, 0.2) is 62.6 Å². The Morgan fingerprint density at radius 2 is 1.85 bits per heavy atom. The summed E-state index contributed by atoms with van der Waals surface area (Å²) in [6, 6.07) is 13.4. The van der Waals surface area contributed by atoms with Crippen molar-refractivity contribution in [2.45, 2.75) is 24.8 Å². The number of ether oxygens (including phenoxy) is 1. The van der Waals surface area contributed by atoms with Gasteiger partial charge in [0, 0.05) is 39.0 Å². The predicted molar refractivity (Wildman–Crippen MR) is 99.8 cm³/mol. The zero-order chi connectivity index (χ0) is 18.7. The summed E-state index contributed by atoms with van der Waals surface area (Å²) < 4.78 is 22.0. The minimum absolute atomic E-state index is 0.0339. The van der Waals surface area contributed by atoms with E-state index in [4.69, 9.17) is 9.15 Å². The number of esters is 1. The third-order valence-electron chi connectivity index (χ3n) is 4.08. The second kappa shape index (κ2) is 7.66. The number of carbonyl (C=O) groups excluding carboxylic acids is 1. The Morgan fingerprint density at radius 1 is 1.12 bits per heavy atom. The van der Waals surface area contributed by atoms with Gasteiger partial charge in [-0.1, -0.05) is 19.1 Å². The van der Waals surface area contributed by atoms with Crippen LogP contribution in [0.1, 0.15) is 28.4 Å². The quantitative estimate of drug-likeness (QED) is 0.508. The highest BCUT2D eigenvalue weighted by molar-refractivity contribution is 7.84. The molecule has 1 unspecified atom stereocenters. The van der Waals surface area contributed by atoms with Gasteiger partial charge in [0.1, 0.15) is 12.2 Å². The standard InChI is InChI=1S/C20H18O5S/c1-3-13-4-9-17-15(11-19(21)25-18(17)10-13)12-24-20(22)14-5-7-16(8-6-14)26(2)23/h4-11H,3,12H2,1-2H3. The molecule has 0 fully saturated rings. The summed E-state index contributed by atoms with van der Waals surface area (Å²) in [6.07, 6.45) is 2.40. The van der Waals surface area contributed by atoms with Crippen molar-refractivity contribution in [3.05, 3.63) is 75.6 Å². The zero-order valence-corrected chi connectivity index (χ0v) is 15.3. The highest BCUT2D eigenvalue weighted by atomic mass is 32.2. The number of carbonyl (C=O) groups is 1. The van der Waals surface area contributed by atoms with Crippen molar-refractivity contribution in [1.29, 1.82) is 0 Å². The Kier molecular flexibility index (Phi) is 5.32. The highest BCUT2D eigenvalue weighted by Gasteiger charge is 2.11. The van der Waals surface area contributed by atoms with E-state index < -0.39 is 22.4 Å². The predicted octanol–water partition coefficient (Wildman–Crippen LogP) is 3.45. The van der Waals surface area contributed by atoms with Crippen LogP contribution in [0.25, 0.3) is 11.0 Å². The van der Waals surface area contributed by atoms with Gasteiger partial charge in [-0.3, -0.25) is 4.21 Å². The maximum atomic E-state index is 12.2. The van der Waals surface area contributed by atoms with Crippen molar-refractivity contribution >= 4 is 27.7 Å². The van der Waals surface area contributed by atoms with Crippen LogP contribution in [0.2, 0.25) is 0 Å². The Morgan fingerprint density at radius 3 is 2.50 bits per heavy atom. The molecule has 1 aromatic heterocycles. The van der Waals surface area contributed by atoms with E-state index in [2.05, 4.69) is 0 Å². The molecule has 3 rings (SSSR count). The van der Waals surface area contributed by atoms with E-state index in [1.54, 1.807) is 30.5 Å². The summed E-state index contributed by atoms with van der Waals surface area (Å²) in [5.41, 5.74) is 2.02. The number of hydrogen-bond donors (Lipinski definition) is 0. The third-order valence-corrected chi connectivity index (χ3v) is 5.02. The van der Waals surface area contributed by atoms with Crippen molar-refractivity contribution in [2.75, 3.05) is 6.26 Å². The van der Waals surface area contributed by atoms with Crippen LogP contribution in [0, 0.1) is 0 Å². The molecule has 0 amide bonds. The zero-order valence-electron chi connectivity index (χ0n) is 14.5. The first-order valence-corrected chi connectivity index (χ1v) is 9.70. The minimum Gasteiger partial charge on any atom is -0.457 e. The van der Waals surface area contributed by atoms with Crippen LogP contribution in [0.3, 0.4) is 0 Å². The number of fused-ring (bicyclic) bond motifs is 1. The van der Waals surface area contributed by atoms with Crippen LogP contribution in [-0.4, -0.2) is 16.4 Å².